The summed E-state index contributed by atoms with van der Waals surface area (Å²) < 4.78 is 20.9. The highest BCUT2D eigenvalue weighted by molar-refractivity contribution is 6.35. The van der Waals surface area contributed by atoms with Crippen molar-refractivity contribution in [2.24, 2.45) is 0 Å². The van der Waals surface area contributed by atoms with Crippen LogP contribution in [0.15, 0.2) is 31.0 Å². The van der Waals surface area contributed by atoms with Crippen molar-refractivity contribution in [2.75, 3.05) is 64.4 Å². The summed E-state index contributed by atoms with van der Waals surface area (Å²) in [7, 11) is 2.03. The minimum Gasteiger partial charge on any atom is -0.489 e. The smallest absolute Gasteiger partial charge is 0.261 e. The fourth-order valence-corrected chi connectivity index (χ4v) is 5.02. The van der Waals surface area contributed by atoms with Crippen LogP contribution in [0, 0.1) is 5.82 Å². The summed E-state index contributed by atoms with van der Waals surface area (Å²) in [5.74, 6) is -0.430. The molecular formula is C24H26ClFN6O3. The Morgan fingerprint density at radius 1 is 1.23 bits per heavy atom. The normalized spacial score (nSPS) is 20.6. The molecule has 0 saturated carbocycles. The minimum absolute atomic E-state index is 0.00329. The zero-order chi connectivity index (χ0) is 24.7. The molecule has 184 valence electrons. The molecular weight excluding hydrogens is 475 g/mol. The van der Waals surface area contributed by atoms with Gasteiger partial charge in [0.1, 0.15) is 34.4 Å². The third-order valence-corrected chi connectivity index (χ3v) is 7.08. The second-order valence-electron chi connectivity index (χ2n) is 8.88. The maximum atomic E-state index is 14.7. The van der Waals surface area contributed by atoms with Crippen LogP contribution in [-0.2, 0) is 4.79 Å². The Kier molecular flexibility index (Phi) is 6.33. The second-order valence-corrected chi connectivity index (χ2v) is 9.26. The van der Waals surface area contributed by atoms with Gasteiger partial charge in [-0.25, -0.2) is 9.37 Å². The van der Waals surface area contributed by atoms with E-state index >= 15 is 0 Å². The number of carbonyl (C=O) groups is 2. The predicted octanol–water partition coefficient (Wildman–Crippen LogP) is 1.92. The van der Waals surface area contributed by atoms with E-state index in [2.05, 4.69) is 16.5 Å². The molecule has 5 heterocycles. The maximum absolute atomic E-state index is 14.7. The number of anilines is 1. The predicted molar refractivity (Wildman–Crippen MR) is 129 cm³/mol. The lowest BCUT2D eigenvalue weighted by Gasteiger charge is -2.40. The zero-order valence-electron chi connectivity index (χ0n) is 19.4. The van der Waals surface area contributed by atoms with Gasteiger partial charge in [0, 0.05) is 52.0 Å². The van der Waals surface area contributed by atoms with Crippen molar-refractivity contribution in [1.29, 1.82) is 0 Å². The summed E-state index contributed by atoms with van der Waals surface area (Å²) in [4.78, 5) is 42.5. The van der Waals surface area contributed by atoms with Gasteiger partial charge in [0.05, 0.1) is 6.04 Å². The van der Waals surface area contributed by atoms with E-state index in [1.54, 1.807) is 9.80 Å². The number of rotatable bonds is 3. The lowest BCUT2D eigenvalue weighted by molar-refractivity contribution is -0.128. The largest absolute Gasteiger partial charge is 0.489 e. The molecule has 2 aromatic rings. The minimum atomic E-state index is -0.567. The molecule has 2 amide bonds. The second kappa shape index (κ2) is 9.43. The highest BCUT2D eigenvalue weighted by Crippen LogP contribution is 2.43. The summed E-state index contributed by atoms with van der Waals surface area (Å²) in [5, 5.41) is 0.0442. The standard InChI is InChI=1S/C24H26ClFN6O3/c1-3-17(33)31-11-12-32-15(13-31)14-35-22-18(24(32)34)23(30-9-7-29(2)8-10-30)28-21(19(22)25)20-16(26)5-4-6-27-20/h3-6,15H,1,7-14H2,2H3/t15-/m1/s1. The molecule has 5 rings (SSSR count). The third-order valence-electron chi connectivity index (χ3n) is 6.73. The molecule has 0 aromatic carbocycles. The van der Waals surface area contributed by atoms with Gasteiger partial charge in [-0.1, -0.05) is 18.2 Å². The average molecular weight is 501 g/mol. The van der Waals surface area contributed by atoms with Crippen molar-refractivity contribution < 1.29 is 18.7 Å². The summed E-state index contributed by atoms with van der Waals surface area (Å²) in [6, 6.07) is 2.42. The topological polar surface area (TPSA) is 82.1 Å². The van der Waals surface area contributed by atoms with E-state index < -0.39 is 5.82 Å². The summed E-state index contributed by atoms with van der Waals surface area (Å²) in [6.45, 7) is 7.60. The van der Waals surface area contributed by atoms with Gasteiger partial charge in [-0.15, -0.1) is 0 Å². The molecule has 0 radical (unpaired) electrons. The van der Waals surface area contributed by atoms with Crippen LogP contribution < -0.4 is 9.64 Å². The van der Waals surface area contributed by atoms with Gasteiger partial charge in [-0.2, -0.15) is 0 Å². The van der Waals surface area contributed by atoms with E-state index in [1.165, 1.54) is 24.4 Å². The van der Waals surface area contributed by atoms with Crippen LogP contribution in [0.25, 0.3) is 11.4 Å². The van der Waals surface area contributed by atoms with E-state index in [0.29, 0.717) is 38.5 Å². The van der Waals surface area contributed by atoms with E-state index in [1.807, 2.05) is 11.9 Å². The van der Waals surface area contributed by atoms with Gasteiger partial charge < -0.3 is 24.3 Å². The van der Waals surface area contributed by atoms with Crippen molar-refractivity contribution in [2.45, 2.75) is 6.04 Å². The van der Waals surface area contributed by atoms with Crippen molar-refractivity contribution in [1.82, 2.24) is 24.7 Å². The van der Waals surface area contributed by atoms with Crippen molar-refractivity contribution in [3.63, 3.8) is 0 Å². The van der Waals surface area contributed by atoms with Crippen LogP contribution in [0.4, 0.5) is 10.2 Å². The van der Waals surface area contributed by atoms with Crippen LogP contribution in [-0.4, -0.2) is 102 Å². The number of carbonyl (C=O) groups excluding carboxylic acids is 2. The Labute approximate surface area is 207 Å². The molecule has 2 fully saturated rings. The number of hydrogen-bond acceptors (Lipinski definition) is 7. The number of halogens is 2. The molecule has 0 N–H and O–H groups in total. The maximum Gasteiger partial charge on any atom is 0.261 e. The summed E-state index contributed by atoms with van der Waals surface area (Å²) in [6.07, 6.45) is 2.73. The molecule has 3 aliphatic rings. The lowest BCUT2D eigenvalue weighted by Crippen LogP contribution is -2.57. The van der Waals surface area contributed by atoms with E-state index in [0.717, 1.165) is 13.1 Å². The van der Waals surface area contributed by atoms with Gasteiger partial charge in [-0.05, 0) is 25.3 Å². The van der Waals surface area contributed by atoms with E-state index in [4.69, 9.17) is 21.3 Å². The van der Waals surface area contributed by atoms with Gasteiger partial charge in [0.15, 0.2) is 11.6 Å². The first-order valence-electron chi connectivity index (χ1n) is 11.5. The van der Waals surface area contributed by atoms with Gasteiger partial charge >= 0.3 is 0 Å². The number of ether oxygens (including phenoxy) is 1. The van der Waals surface area contributed by atoms with Crippen LogP contribution in [0.3, 0.4) is 0 Å². The first kappa shape index (κ1) is 23.5. The fraction of sp³-hybridized carbons (Fsp3) is 0.417. The number of fused-ring (bicyclic) bond motifs is 2. The molecule has 2 aromatic heterocycles. The average Bonchev–Trinajstić information content (AvgIpc) is 3.02. The lowest BCUT2D eigenvalue weighted by atomic mass is 10.1. The molecule has 0 unspecified atom stereocenters. The van der Waals surface area contributed by atoms with E-state index in [9.17, 15) is 14.0 Å². The van der Waals surface area contributed by atoms with Crippen molar-refractivity contribution in [3.8, 4) is 17.1 Å². The molecule has 0 spiro atoms. The Balaban J connectivity index is 1.62. The monoisotopic (exact) mass is 500 g/mol. The Morgan fingerprint density at radius 2 is 2.00 bits per heavy atom. The Morgan fingerprint density at radius 3 is 2.71 bits per heavy atom. The summed E-state index contributed by atoms with van der Waals surface area (Å²) in [5.41, 5.74) is 0.399. The highest BCUT2D eigenvalue weighted by Gasteiger charge is 2.41. The van der Waals surface area contributed by atoms with Gasteiger partial charge in [0.25, 0.3) is 5.91 Å². The SMILES string of the molecule is C=CC(=O)N1CCN2C(=O)c3c(N4CCN(C)CC4)nc(-c4ncccc4F)c(Cl)c3OC[C@H]2C1. The van der Waals surface area contributed by atoms with E-state index in [-0.39, 0.29) is 52.2 Å². The first-order chi connectivity index (χ1) is 16.9. The molecule has 9 nitrogen and oxygen atoms in total. The zero-order valence-corrected chi connectivity index (χ0v) is 20.2. The molecule has 0 bridgehead atoms. The number of nitrogens with zero attached hydrogens (tertiary/aromatic N) is 6. The highest BCUT2D eigenvalue weighted by atomic mass is 35.5. The molecule has 0 aliphatic carbocycles. The number of piperazine rings is 2. The third kappa shape index (κ3) is 4.21. The van der Waals surface area contributed by atoms with Crippen LogP contribution in [0.2, 0.25) is 5.02 Å². The number of hydrogen-bond donors (Lipinski definition) is 0. The van der Waals surface area contributed by atoms with Crippen molar-refractivity contribution in [3.05, 3.63) is 47.4 Å². The van der Waals surface area contributed by atoms with Crippen LogP contribution in [0.1, 0.15) is 10.4 Å². The Bertz CT molecular complexity index is 1190. The molecule has 11 heteroatoms. The number of pyridine rings is 2. The number of likely N-dealkylation sites (N-methyl/N-ethyl adjacent to an activating group) is 1. The Hall–Kier alpha value is -3.24. The molecule has 35 heavy (non-hydrogen) atoms. The number of aromatic nitrogens is 2. The molecule has 3 aliphatic heterocycles. The molecule has 1 atom stereocenters. The van der Waals surface area contributed by atoms with Gasteiger partial charge in [0.2, 0.25) is 5.91 Å². The van der Waals surface area contributed by atoms with Crippen molar-refractivity contribution >= 4 is 29.2 Å². The summed E-state index contributed by atoms with van der Waals surface area (Å²) >= 11 is 6.73. The first-order valence-corrected chi connectivity index (χ1v) is 11.9. The molecule has 2 saturated heterocycles. The van der Waals surface area contributed by atoms with Crippen LogP contribution >= 0.6 is 11.6 Å². The number of amides is 2. The van der Waals surface area contributed by atoms with Gasteiger partial charge in [-0.3, -0.25) is 14.6 Å². The fourth-order valence-electron chi connectivity index (χ4n) is 4.74. The van der Waals surface area contributed by atoms with Crippen LogP contribution in [0.5, 0.6) is 5.75 Å². The quantitative estimate of drug-likeness (QED) is 0.595.